The van der Waals surface area contributed by atoms with Crippen LogP contribution in [0.1, 0.15) is 19.8 Å². The highest BCUT2D eigenvalue weighted by atomic mass is 35.5. The van der Waals surface area contributed by atoms with Crippen molar-refractivity contribution in [2.24, 2.45) is 0 Å². The fraction of sp³-hybridized carbons (Fsp3) is 0.250. The normalized spacial score (nSPS) is 11.2. The molecule has 0 aliphatic rings. The molecule has 0 saturated carbocycles. The largest absolute Gasteiger partial charge is 0.445 e. The van der Waals surface area contributed by atoms with E-state index in [2.05, 4.69) is 0 Å². The number of ketones is 1. The topological polar surface area (TPSA) is 26.3 Å². The first kappa shape index (κ1) is 11.8. The third kappa shape index (κ3) is 4.66. The smallest absolute Gasteiger partial charge is 0.197 e. The summed E-state index contributed by atoms with van der Waals surface area (Å²) in [7, 11) is 0. The Kier molecular flexibility index (Phi) is 4.91. The summed E-state index contributed by atoms with van der Waals surface area (Å²) >= 11 is 5.76. The predicted octanol–water partition coefficient (Wildman–Crippen LogP) is 3.51. The Morgan fingerprint density at radius 2 is 2.07 bits per heavy atom. The van der Waals surface area contributed by atoms with Gasteiger partial charge in [-0.05, 0) is 30.2 Å². The molecule has 2 nitrogen and oxygen atoms in total. The highest BCUT2D eigenvalue weighted by Crippen LogP contribution is 2.15. The van der Waals surface area contributed by atoms with Gasteiger partial charge in [0.15, 0.2) is 11.0 Å². The fourth-order valence-corrected chi connectivity index (χ4v) is 1.29. The van der Waals surface area contributed by atoms with Gasteiger partial charge in [-0.2, -0.15) is 0 Å². The zero-order chi connectivity index (χ0) is 11.1. The maximum absolute atomic E-state index is 11.2. The number of hydrogen-bond acceptors (Lipinski definition) is 2. The van der Waals surface area contributed by atoms with E-state index in [1.807, 2.05) is 25.1 Å². The molecule has 1 rings (SSSR count). The van der Waals surface area contributed by atoms with Gasteiger partial charge in [-0.3, -0.25) is 4.79 Å². The minimum absolute atomic E-state index is 0.0153. The Hall–Kier alpha value is -1.28. The molecule has 3 heteroatoms. The van der Waals surface area contributed by atoms with Gasteiger partial charge >= 0.3 is 0 Å². The van der Waals surface area contributed by atoms with Crippen molar-refractivity contribution in [1.29, 1.82) is 0 Å². The van der Waals surface area contributed by atoms with Crippen molar-refractivity contribution in [3.8, 4) is 5.75 Å². The van der Waals surface area contributed by atoms with Crippen molar-refractivity contribution >= 4 is 17.4 Å². The standard InChI is InChI=1S/C12H13ClO2/c1-2-6-10(14)9-12(13)15-11-7-4-3-5-8-11/h3-5,7-9H,2,6H2,1H3. The van der Waals surface area contributed by atoms with Crippen LogP contribution in [0.15, 0.2) is 41.6 Å². The minimum Gasteiger partial charge on any atom is -0.445 e. The van der Waals surface area contributed by atoms with Gasteiger partial charge < -0.3 is 4.74 Å². The van der Waals surface area contributed by atoms with Crippen molar-refractivity contribution in [3.05, 3.63) is 41.6 Å². The van der Waals surface area contributed by atoms with Crippen LogP contribution < -0.4 is 4.74 Å². The lowest BCUT2D eigenvalue weighted by Crippen LogP contribution is -1.96. The number of carbonyl (C=O) groups excluding carboxylic acids is 1. The van der Waals surface area contributed by atoms with E-state index < -0.39 is 0 Å². The zero-order valence-electron chi connectivity index (χ0n) is 8.57. The summed E-state index contributed by atoms with van der Waals surface area (Å²) in [4.78, 5) is 11.2. The highest BCUT2D eigenvalue weighted by Gasteiger charge is 2.00. The van der Waals surface area contributed by atoms with E-state index in [9.17, 15) is 4.79 Å². The van der Waals surface area contributed by atoms with Crippen molar-refractivity contribution in [2.75, 3.05) is 0 Å². The molecule has 0 bridgehead atoms. The van der Waals surface area contributed by atoms with Crippen LogP contribution in [-0.2, 0) is 4.79 Å². The van der Waals surface area contributed by atoms with Gasteiger partial charge in [-0.25, -0.2) is 0 Å². The Labute approximate surface area is 94.5 Å². The molecule has 0 saturated heterocycles. The number of carbonyl (C=O) groups is 1. The summed E-state index contributed by atoms with van der Waals surface area (Å²) in [6.07, 6.45) is 2.62. The Bertz CT molecular complexity index is 344. The van der Waals surface area contributed by atoms with Gasteiger partial charge in [-0.1, -0.05) is 25.1 Å². The van der Waals surface area contributed by atoms with Crippen molar-refractivity contribution in [1.82, 2.24) is 0 Å². The van der Waals surface area contributed by atoms with Crippen LogP contribution >= 0.6 is 11.6 Å². The second kappa shape index (κ2) is 6.25. The Morgan fingerprint density at radius 3 is 2.67 bits per heavy atom. The summed E-state index contributed by atoms with van der Waals surface area (Å²) in [5, 5.41) is 0.111. The average molecular weight is 225 g/mol. The fourth-order valence-electron chi connectivity index (χ4n) is 1.08. The van der Waals surface area contributed by atoms with Gasteiger partial charge in [0.2, 0.25) is 0 Å². The lowest BCUT2D eigenvalue weighted by atomic mass is 10.2. The van der Waals surface area contributed by atoms with Crippen molar-refractivity contribution < 1.29 is 9.53 Å². The first-order valence-electron chi connectivity index (χ1n) is 4.85. The van der Waals surface area contributed by atoms with Crippen LogP contribution in [0.25, 0.3) is 0 Å². The van der Waals surface area contributed by atoms with Crippen LogP contribution in [-0.4, -0.2) is 5.78 Å². The third-order valence-electron chi connectivity index (χ3n) is 1.73. The van der Waals surface area contributed by atoms with Gasteiger partial charge in [0.05, 0.1) is 0 Å². The lowest BCUT2D eigenvalue weighted by molar-refractivity contribution is -0.114. The summed E-state index contributed by atoms with van der Waals surface area (Å²) in [5.41, 5.74) is 0. The molecule has 0 aromatic heterocycles. The van der Waals surface area contributed by atoms with E-state index in [1.165, 1.54) is 6.08 Å². The molecule has 0 unspecified atom stereocenters. The number of allylic oxidation sites excluding steroid dienone is 1. The van der Waals surface area contributed by atoms with Crippen LogP contribution in [0.3, 0.4) is 0 Å². The summed E-state index contributed by atoms with van der Waals surface area (Å²) in [6.45, 7) is 1.94. The summed E-state index contributed by atoms with van der Waals surface area (Å²) < 4.78 is 5.24. The first-order chi connectivity index (χ1) is 7.22. The maximum atomic E-state index is 11.2. The van der Waals surface area contributed by atoms with E-state index in [1.54, 1.807) is 12.1 Å². The van der Waals surface area contributed by atoms with Gasteiger partial charge in [-0.15, -0.1) is 0 Å². The third-order valence-corrected chi connectivity index (χ3v) is 1.92. The van der Waals surface area contributed by atoms with Crippen LogP contribution in [0, 0.1) is 0 Å². The van der Waals surface area contributed by atoms with Crippen molar-refractivity contribution in [2.45, 2.75) is 19.8 Å². The molecule has 15 heavy (non-hydrogen) atoms. The molecule has 0 radical (unpaired) electrons. The second-order valence-electron chi connectivity index (χ2n) is 3.08. The number of para-hydroxylation sites is 1. The van der Waals surface area contributed by atoms with Gasteiger partial charge in [0, 0.05) is 12.5 Å². The van der Waals surface area contributed by atoms with Crippen LogP contribution in [0.4, 0.5) is 0 Å². The quantitative estimate of drug-likeness (QED) is 0.565. The Balaban J connectivity index is 2.55. The first-order valence-corrected chi connectivity index (χ1v) is 5.23. The Morgan fingerprint density at radius 1 is 1.40 bits per heavy atom. The molecule has 0 amide bonds. The molecule has 0 aliphatic carbocycles. The van der Waals surface area contributed by atoms with E-state index in [0.717, 1.165) is 6.42 Å². The number of rotatable bonds is 5. The highest BCUT2D eigenvalue weighted by molar-refractivity contribution is 6.30. The lowest BCUT2D eigenvalue weighted by Gasteiger charge is -2.02. The molecule has 0 heterocycles. The van der Waals surface area contributed by atoms with Crippen LogP contribution in [0.2, 0.25) is 0 Å². The molecule has 1 aromatic carbocycles. The number of benzene rings is 1. The maximum Gasteiger partial charge on any atom is 0.197 e. The second-order valence-corrected chi connectivity index (χ2v) is 3.45. The molecule has 80 valence electrons. The van der Waals surface area contributed by atoms with Gasteiger partial charge in [0.25, 0.3) is 0 Å². The van der Waals surface area contributed by atoms with Crippen LogP contribution in [0.5, 0.6) is 5.75 Å². The van der Waals surface area contributed by atoms with E-state index in [-0.39, 0.29) is 11.0 Å². The molecule has 1 aromatic rings. The molecular weight excluding hydrogens is 212 g/mol. The molecular formula is C12H13ClO2. The van der Waals surface area contributed by atoms with E-state index in [4.69, 9.17) is 16.3 Å². The number of ether oxygens (including phenoxy) is 1. The van der Waals surface area contributed by atoms with E-state index >= 15 is 0 Å². The SMILES string of the molecule is CCCC(=O)C=C(Cl)Oc1ccccc1. The summed E-state index contributed by atoms with van der Waals surface area (Å²) in [5.74, 6) is 0.612. The number of hydrogen-bond donors (Lipinski definition) is 0. The summed E-state index contributed by atoms with van der Waals surface area (Å²) in [6, 6.07) is 9.12. The molecule has 0 N–H and O–H groups in total. The molecule has 0 fully saturated rings. The van der Waals surface area contributed by atoms with Crippen molar-refractivity contribution in [3.63, 3.8) is 0 Å². The monoisotopic (exact) mass is 224 g/mol. The van der Waals surface area contributed by atoms with Gasteiger partial charge in [0.1, 0.15) is 5.75 Å². The minimum atomic E-state index is -0.0153. The average Bonchev–Trinajstić information content (AvgIpc) is 2.19. The zero-order valence-corrected chi connectivity index (χ0v) is 9.33. The molecule has 0 aliphatic heterocycles. The number of halogens is 1. The van der Waals surface area contributed by atoms with E-state index in [0.29, 0.717) is 12.2 Å². The molecule has 0 spiro atoms. The predicted molar refractivity (Wildman–Crippen MR) is 60.9 cm³/mol. The molecule has 0 atom stereocenters.